The number of carbonyl (C=O) groups is 1. The lowest BCUT2D eigenvalue weighted by molar-refractivity contribution is 0.0594. The van der Waals surface area contributed by atoms with Crippen molar-refractivity contribution in [2.75, 3.05) is 7.11 Å². The number of nitrogens with zero attached hydrogens (tertiary/aromatic N) is 2. The Kier molecular flexibility index (Phi) is 5.75. The molecular formula is C26H24F3N3O2. The minimum absolute atomic E-state index is 0.0102. The lowest BCUT2D eigenvalue weighted by Gasteiger charge is -2.32. The van der Waals surface area contributed by atoms with E-state index in [0.29, 0.717) is 17.7 Å². The molecule has 1 atom stereocenters. The van der Waals surface area contributed by atoms with Gasteiger partial charge < -0.3 is 9.72 Å². The number of methoxy groups -OCH3 is 1. The van der Waals surface area contributed by atoms with Crippen LogP contribution in [0.3, 0.4) is 0 Å². The number of rotatable bonds is 4. The van der Waals surface area contributed by atoms with Crippen LogP contribution in [0.25, 0.3) is 21.9 Å². The molecule has 1 unspecified atom stereocenters. The van der Waals surface area contributed by atoms with E-state index in [9.17, 15) is 18.0 Å². The van der Waals surface area contributed by atoms with E-state index in [0.717, 1.165) is 49.3 Å². The number of imidazole rings is 1. The summed E-state index contributed by atoms with van der Waals surface area (Å²) in [5, 5.41) is 0.857. The summed E-state index contributed by atoms with van der Waals surface area (Å²) in [5.41, 5.74) is 1.58. The predicted octanol–water partition coefficient (Wildman–Crippen LogP) is 6.39. The first kappa shape index (κ1) is 22.4. The van der Waals surface area contributed by atoms with Gasteiger partial charge in [-0.25, -0.2) is 22.9 Å². The minimum Gasteiger partial charge on any atom is -0.465 e. The molecule has 0 radical (unpaired) electrons. The van der Waals surface area contributed by atoms with Crippen LogP contribution in [0.4, 0.5) is 13.2 Å². The Morgan fingerprint density at radius 2 is 1.82 bits per heavy atom. The Balaban J connectivity index is 1.36. The van der Waals surface area contributed by atoms with Gasteiger partial charge in [0.05, 0.1) is 18.1 Å². The van der Waals surface area contributed by atoms with E-state index in [1.807, 2.05) is 13.0 Å². The van der Waals surface area contributed by atoms with Gasteiger partial charge in [0.2, 0.25) is 0 Å². The topological polar surface area (TPSA) is 67.9 Å². The largest absolute Gasteiger partial charge is 0.465 e. The molecule has 0 spiro atoms. The van der Waals surface area contributed by atoms with Crippen molar-refractivity contribution in [1.29, 1.82) is 0 Å². The quantitative estimate of drug-likeness (QED) is 0.353. The van der Waals surface area contributed by atoms with E-state index in [2.05, 4.69) is 19.7 Å². The van der Waals surface area contributed by atoms with Gasteiger partial charge in [0.25, 0.3) is 0 Å². The molecule has 34 heavy (non-hydrogen) atoms. The summed E-state index contributed by atoms with van der Waals surface area (Å²) in [4.78, 5) is 23.5. The highest BCUT2D eigenvalue weighted by Gasteiger charge is 2.30. The number of H-pyrrole nitrogens is 1. The zero-order valence-electron chi connectivity index (χ0n) is 18.9. The summed E-state index contributed by atoms with van der Waals surface area (Å²) in [6, 6.07) is 7.88. The number of benzene rings is 2. The number of aromatic amines is 1. The summed E-state index contributed by atoms with van der Waals surface area (Å²) in [7, 11) is 1.11. The predicted molar refractivity (Wildman–Crippen MR) is 122 cm³/mol. The molecule has 5 nitrogen and oxygen atoms in total. The van der Waals surface area contributed by atoms with E-state index >= 15 is 0 Å². The maximum atomic E-state index is 14.6. The van der Waals surface area contributed by atoms with Crippen LogP contribution in [0.5, 0.6) is 0 Å². The third-order valence-corrected chi connectivity index (χ3v) is 7.17. The number of pyridine rings is 1. The van der Waals surface area contributed by atoms with Crippen molar-refractivity contribution in [3.05, 3.63) is 70.9 Å². The zero-order valence-corrected chi connectivity index (χ0v) is 18.9. The molecule has 1 N–H and O–H groups in total. The first-order valence-corrected chi connectivity index (χ1v) is 11.4. The van der Waals surface area contributed by atoms with E-state index in [1.54, 1.807) is 18.3 Å². The van der Waals surface area contributed by atoms with Crippen LogP contribution in [0.2, 0.25) is 0 Å². The molecule has 0 saturated heterocycles. The van der Waals surface area contributed by atoms with Crippen molar-refractivity contribution in [3.8, 4) is 0 Å². The summed E-state index contributed by atoms with van der Waals surface area (Å²) in [6.45, 7) is 2.02. The number of halogens is 3. The third kappa shape index (κ3) is 3.81. The SMILES string of the molecule is COC(=O)c1cc2nc(C(C)[C@H]3CC[C@@H](c4ccnc5ccc(F)cc54)CC3)[nH]c2c(F)c1F. The first-order valence-electron chi connectivity index (χ1n) is 11.4. The van der Waals surface area contributed by atoms with Gasteiger partial charge in [0, 0.05) is 17.5 Å². The smallest absolute Gasteiger partial charge is 0.341 e. The van der Waals surface area contributed by atoms with Gasteiger partial charge >= 0.3 is 5.97 Å². The van der Waals surface area contributed by atoms with Crippen molar-refractivity contribution in [3.63, 3.8) is 0 Å². The molecule has 1 aliphatic carbocycles. The number of hydrogen-bond donors (Lipinski definition) is 1. The molecule has 0 amide bonds. The molecule has 2 aromatic heterocycles. The third-order valence-electron chi connectivity index (χ3n) is 7.17. The summed E-state index contributed by atoms with van der Waals surface area (Å²) < 4.78 is 47.3. The second-order valence-corrected chi connectivity index (χ2v) is 9.02. The molecule has 1 saturated carbocycles. The Morgan fingerprint density at radius 1 is 1.06 bits per heavy atom. The average Bonchev–Trinajstić information content (AvgIpc) is 3.29. The highest BCUT2D eigenvalue weighted by molar-refractivity contribution is 5.94. The van der Waals surface area contributed by atoms with Crippen molar-refractivity contribution >= 4 is 27.9 Å². The zero-order chi connectivity index (χ0) is 24.0. The van der Waals surface area contributed by atoms with Gasteiger partial charge in [0.1, 0.15) is 22.7 Å². The lowest BCUT2D eigenvalue weighted by Crippen LogP contribution is -2.19. The van der Waals surface area contributed by atoms with E-state index in [-0.39, 0.29) is 22.8 Å². The summed E-state index contributed by atoms with van der Waals surface area (Å²) >= 11 is 0. The number of esters is 1. The molecule has 8 heteroatoms. The molecule has 176 valence electrons. The molecule has 1 aliphatic rings. The fourth-order valence-electron chi connectivity index (χ4n) is 5.23. The Bertz CT molecular complexity index is 1390. The fraction of sp³-hybridized carbons (Fsp3) is 0.346. The van der Waals surface area contributed by atoms with Crippen molar-refractivity contribution in [1.82, 2.24) is 15.0 Å². The van der Waals surface area contributed by atoms with Gasteiger partial charge in [0.15, 0.2) is 11.6 Å². The summed E-state index contributed by atoms with van der Waals surface area (Å²) in [5.74, 6) is -2.44. The summed E-state index contributed by atoms with van der Waals surface area (Å²) in [6.07, 6.45) is 5.48. The van der Waals surface area contributed by atoms with Crippen molar-refractivity contribution in [2.45, 2.75) is 44.4 Å². The average molecular weight is 467 g/mol. The maximum Gasteiger partial charge on any atom is 0.341 e. The minimum atomic E-state index is -1.25. The highest BCUT2D eigenvalue weighted by atomic mass is 19.2. The van der Waals surface area contributed by atoms with E-state index in [1.165, 1.54) is 12.1 Å². The van der Waals surface area contributed by atoms with Gasteiger partial charge in [-0.2, -0.15) is 0 Å². The van der Waals surface area contributed by atoms with E-state index < -0.39 is 23.2 Å². The second-order valence-electron chi connectivity index (χ2n) is 9.02. The van der Waals surface area contributed by atoms with Crippen molar-refractivity contribution in [2.24, 2.45) is 5.92 Å². The maximum absolute atomic E-state index is 14.6. The van der Waals surface area contributed by atoms with Gasteiger partial charge in [-0.3, -0.25) is 4.98 Å². The molecule has 0 bridgehead atoms. The van der Waals surface area contributed by atoms with Gasteiger partial charge in [-0.05, 0) is 73.4 Å². The number of carbonyl (C=O) groups excluding carboxylic acids is 1. The van der Waals surface area contributed by atoms with Crippen LogP contribution in [-0.2, 0) is 4.74 Å². The Labute approximate surface area is 194 Å². The number of ether oxygens (including phenoxy) is 1. The second kappa shape index (κ2) is 8.74. The molecule has 4 aromatic rings. The molecule has 5 rings (SSSR count). The normalized spacial score (nSPS) is 19.4. The number of hydrogen-bond acceptors (Lipinski definition) is 4. The monoisotopic (exact) mass is 467 g/mol. The number of aromatic nitrogens is 3. The van der Waals surface area contributed by atoms with E-state index in [4.69, 9.17) is 0 Å². The van der Waals surface area contributed by atoms with Crippen LogP contribution in [0, 0.1) is 23.4 Å². The number of nitrogens with one attached hydrogen (secondary N) is 1. The molecule has 2 heterocycles. The molecule has 0 aliphatic heterocycles. The lowest BCUT2D eigenvalue weighted by atomic mass is 9.73. The van der Waals surface area contributed by atoms with Crippen LogP contribution < -0.4 is 0 Å². The Hall–Kier alpha value is -3.42. The van der Waals surface area contributed by atoms with Crippen molar-refractivity contribution < 1.29 is 22.7 Å². The van der Waals surface area contributed by atoms with Crippen LogP contribution in [-0.4, -0.2) is 28.0 Å². The van der Waals surface area contributed by atoms with Gasteiger partial charge in [-0.15, -0.1) is 0 Å². The van der Waals surface area contributed by atoms with Gasteiger partial charge in [-0.1, -0.05) is 6.92 Å². The first-order chi connectivity index (χ1) is 16.4. The fourth-order valence-corrected chi connectivity index (χ4v) is 5.23. The standard InChI is InChI=1S/C26H24F3N3O2/c1-13(25-31-21-12-19(26(33)34-2)22(28)23(29)24(21)32-25)14-3-5-15(6-4-14)17-9-10-30-20-8-7-16(27)11-18(17)20/h7-15H,3-6H2,1-2H3,(H,31,32)/t13?,14-,15+. The van der Waals surface area contributed by atoms with Crippen LogP contribution in [0.1, 0.15) is 66.2 Å². The van der Waals surface area contributed by atoms with Crippen LogP contribution >= 0.6 is 0 Å². The molecule has 2 aromatic carbocycles. The molecule has 1 fully saturated rings. The highest BCUT2D eigenvalue weighted by Crippen LogP contribution is 2.43. The van der Waals surface area contributed by atoms with Crippen LogP contribution in [0.15, 0.2) is 36.5 Å². The molecular weight excluding hydrogens is 443 g/mol. The Morgan fingerprint density at radius 3 is 2.56 bits per heavy atom. The number of fused-ring (bicyclic) bond motifs is 2.